The van der Waals surface area contributed by atoms with Gasteiger partial charge in [-0.05, 0) is 0 Å². The van der Waals surface area contributed by atoms with E-state index in [0.717, 1.165) is 6.20 Å². The highest BCUT2D eigenvalue weighted by Gasteiger charge is 2.38. The Morgan fingerprint density at radius 1 is 1.38 bits per heavy atom. The molecule has 5 nitrogen and oxygen atoms in total. The fraction of sp³-hybridized carbons (Fsp3) is 0.167. The standard InChI is InChI=1S/C6H3Cl2F3N4O/c7-2-1-12-4(3(8)13-2)14-15-5(16)6(9,10)11/h1H,(H,12,14)(H,15,16). The number of aromatic nitrogens is 2. The average molecular weight is 275 g/mol. The van der Waals surface area contributed by atoms with Gasteiger partial charge in [0.25, 0.3) is 0 Å². The monoisotopic (exact) mass is 274 g/mol. The van der Waals surface area contributed by atoms with Crippen LogP contribution in [0, 0.1) is 0 Å². The second-order valence-electron chi connectivity index (χ2n) is 2.41. The smallest absolute Gasteiger partial charge is 0.279 e. The van der Waals surface area contributed by atoms with Gasteiger partial charge in [0, 0.05) is 0 Å². The summed E-state index contributed by atoms with van der Waals surface area (Å²) in [6, 6.07) is 0. The second-order valence-corrected chi connectivity index (χ2v) is 3.15. The third-order valence-electron chi connectivity index (χ3n) is 1.25. The largest absolute Gasteiger partial charge is 0.472 e. The number of alkyl halides is 3. The Bertz CT molecular complexity index is 411. The summed E-state index contributed by atoms with van der Waals surface area (Å²) >= 11 is 10.9. The number of hydrogen-bond donors (Lipinski definition) is 2. The van der Waals surface area contributed by atoms with Crippen LogP contribution in [0.4, 0.5) is 19.0 Å². The van der Waals surface area contributed by atoms with E-state index in [1.807, 2.05) is 5.43 Å². The highest BCUT2D eigenvalue weighted by Crippen LogP contribution is 2.18. The molecule has 0 aliphatic heterocycles. The summed E-state index contributed by atoms with van der Waals surface area (Å²) in [4.78, 5) is 17.4. The molecule has 0 spiro atoms. The van der Waals surface area contributed by atoms with E-state index < -0.39 is 12.1 Å². The summed E-state index contributed by atoms with van der Waals surface area (Å²) in [6.07, 6.45) is -3.95. The molecule has 0 saturated heterocycles. The van der Waals surface area contributed by atoms with E-state index in [4.69, 9.17) is 23.2 Å². The number of halogens is 5. The van der Waals surface area contributed by atoms with Crippen LogP contribution in [0.3, 0.4) is 0 Å². The number of hydrazine groups is 1. The van der Waals surface area contributed by atoms with Gasteiger partial charge in [-0.15, -0.1) is 0 Å². The lowest BCUT2D eigenvalue weighted by Gasteiger charge is -2.09. The topological polar surface area (TPSA) is 66.9 Å². The maximum absolute atomic E-state index is 11.8. The molecule has 0 aromatic carbocycles. The number of carbonyl (C=O) groups is 1. The van der Waals surface area contributed by atoms with Gasteiger partial charge in [-0.3, -0.25) is 15.6 Å². The number of nitrogens with one attached hydrogen (secondary N) is 2. The number of amides is 1. The molecule has 0 aliphatic carbocycles. The van der Waals surface area contributed by atoms with Crippen molar-refractivity contribution in [2.75, 3.05) is 5.43 Å². The van der Waals surface area contributed by atoms with Crippen LogP contribution in [-0.4, -0.2) is 22.1 Å². The van der Waals surface area contributed by atoms with Crippen molar-refractivity contribution in [3.05, 3.63) is 16.5 Å². The van der Waals surface area contributed by atoms with Crippen molar-refractivity contribution in [2.24, 2.45) is 0 Å². The number of carbonyl (C=O) groups excluding carboxylic acids is 1. The van der Waals surface area contributed by atoms with Gasteiger partial charge in [-0.2, -0.15) is 13.2 Å². The van der Waals surface area contributed by atoms with Gasteiger partial charge in [0.15, 0.2) is 11.0 Å². The summed E-state index contributed by atoms with van der Waals surface area (Å²) in [5, 5.41) is -0.298. The normalized spacial score (nSPS) is 11.1. The van der Waals surface area contributed by atoms with Crippen LogP contribution >= 0.6 is 23.2 Å². The first-order valence-corrected chi connectivity index (χ1v) is 4.37. The van der Waals surface area contributed by atoms with E-state index in [-0.39, 0.29) is 16.1 Å². The minimum atomic E-state index is -5.00. The summed E-state index contributed by atoms with van der Waals surface area (Å²) in [7, 11) is 0. The number of nitrogens with zero attached hydrogens (tertiary/aromatic N) is 2. The Labute approximate surface area is 96.9 Å². The number of hydrogen-bond acceptors (Lipinski definition) is 4. The van der Waals surface area contributed by atoms with Crippen LogP contribution in [0.15, 0.2) is 6.20 Å². The molecule has 0 saturated carbocycles. The van der Waals surface area contributed by atoms with Crippen molar-refractivity contribution < 1.29 is 18.0 Å². The molecule has 0 bridgehead atoms. The van der Waals surface area contributed by atoms with E-state index in [0.29, 0.717) is 0 Å². The zero-order chi connectivity index (χ0) is 12.3. The van der Waals surface area contributed by atoms with Crippen molar-refractivity contribution in [1.82, 2.24) is 15.4 Å². The van der Waals surface area contributed by atoms with Crippen molar-refractivity contribution in [2.45, 2.75) is 6.18 Å². The van der Waals surface area contributed by atoms with E-state index >= 15 is 0 Å². The van der Waals surface area contributed by atoms with Crippen LogP contribution < -0.4 is 10.9 Å². The number of rotatable bonds is 2. The molecule has 16 heavy (non-hydrogen) atoms. The van der Waals surface area contributed by atoms with E-state index in [9.17, 15) is 18.0 Å². The minimum Gasteiger partial charge on any atom is -0.279 e. The molecule has 1 amide bonds. The molecule has 10 heteroatoms. The van der Waals surface area contributed by atoms with Crippen molar-refractivity contribution >= 4 is 34.9 Å². The minimum absolute atomic E-state index is 0.0299. The molecule has 1 aromatic heterocycles. The molecule has 1 aromatic rings. The van der Waals surface area contributed by atoms with Crippen LogP contribution in [-0.2, 0) is 4.79 Å². The molecule has 0 fully saturated rings. The van der Waals surface area contributed by atoms with Crippen molar-refractivity contribution in [3.63, 3.8) is 0 Å². The first-order valence-electron chi connectivity index (χ1n) is 3.62. The van der Waals surface area contributed by atoms with Crippen molar-refractivity contribution in [3.8, 4) is 0 Å². The van der Waals surface area contributed by atoms with Crippen LogP contribution in [0.25, 0.3) is 0 Å². The lowest BCUT2D eigenvalue weighted by molar-refractivity contribution is -0.173. The van der Waals surface area contributed by atoms with Gasteiger partial charge in [0.2, 0.25) is 0 Å². The predicted molar refractivity (Wildman–Crippen MR) is 49.9 cm³/mol. The SMILES string of the molecule is O=C(NNc1ncc(Cl)nc1Cl)C(F)(F)F. The Kier molecular flexibility index (Phi) is 3.76. The Morgan fingerprint density at radius 2 is 2.00 bits per heavy atom. The fourth-order valence-corrected chi connectivity index (χ4v) is 0.981. The molecule has 2 N–H and O–H groups in total. The van der Waals surface area contributed by atoms with Crippen LogP contribution in [0.2, 0.25) is 10.3 Å². The van der Waals surface area contributed by atoms with Gasteiger partial charge in [-0.1, -0.05) is 23.2 Å². The van der Waals surface area contributed by atoms with E-state index in [1.54, 1.807) is 0 Å². The highest BCUT2D eigenvalue weighted by atomic mass is 35.5. The molecule has 88 valence electrons. The Hall–Kier alpha value is -1.28. The summed E-state index contributed by atoms with van der Waals surface area (Å²) < 4.78 is 35.3. The van der Waals surface area contributed by atoms with Gasteiger partial charge in [0.1, 0.15) is 5.15 Å². The third kappa shape index (κ3) is 3.38. The lowest BCUT2D eigenvalue weighted by Crippen LogP contribution is -2.40. The molecule has 0 atom stereocenters. The second kappa shape index (κ2) is 4.71. The molecule has 0 unspecified atom stereocenters. The predicted octanol–water partition coefficient (Wildman–Crippen LogP) is 1.79. The van der Waals surface area contributed by atoms with E-state index in [1.165, 1.54) is 5.43 Å². The number of anilines is 1. The summed E-state index contributed by atoms with van der Waals surface area (Å²) in [6.45, 7) is 0. The molecule has 1 heterocycles. The summed E-state index contributed by atoms with van der Waals surface area (Å²) in [5.41, 5.74) is 3.22. The van der Waals surface area contributed by atoms with Gasteiger partial charge < -0.3 is 0 Å². The maximum atomic E-state index is 11.8. The highest BCUT2D eigenvalue weighted by molar-refractivity contribution is 6.33. The first kappa shape index (κ1) is 12.8. The van der Waals surface area contributed by atoms with Crippen LogP contribution in [0.1, 0.15) is 0 Å². The summed E-state index contributed by atoms with van der Waals surface area (Å²) in [5.74, 6) is -2.43. The Balaban J connectivity index is 2.65. The van der Waals surface area contributed by atoms with Crippen molar-refractivity contribution in [1.29, 1.82) is 0 Å². The Morgan fingerprint density at radius 3 is 2.50 bits per heavy atom. The average Bonchev–Trinajstić information content (AvgIpc) is 2.14. The van der Waals surface area contributed by atoms with Gasteiger partial charge >= 0.3 is 12.1 Å². The fourth-order valence-electron chi connectivity index (χ4n) is 0.617. The molecular weight excluding hydrogens is 272 g/mol. The molecule has 1 rings (SSSR count). The zero-order valence-electron chi connectivity index (χ0n) is 7.27. The maximum Gasteiger partial charge on any atom is 0.472 e. The molecular formula is C6H3Cl2F3N4O. The first-order chi connectivity index (χ1) is 7.30. The lowest BCUT2D eigenvalue weighted by atomic mass is 10.6. The van der Waals surface area contributed by atoms with Gasteiger partial charge in [0.05, 0.1) is 6.20 Å². The third-order valence-corrected chi connectivity index (χ3v) is 1.70. The molecule has 0 radical (unpaired) electrons. The molecule has 0 aliphatic rings. The zero-order valence-corrected chi connectivity index (χ0v) is 8.78. The quantitative estimate of drug-likeness (QED) is 0.807. The van der Waals surface area contributed by atoms with Crippen LogP contribution in [0.5, 0.6) is 0 Å². The van der Waals surface area contributed by atoms with Gasteiger partial charge in [-0.25, -0.2) is 9.97 Å². The van der Waals surface area contributed by atoms with E-state index in [2.05, 4.69) is 9.97 Å².